The molecule has 1 aliphatic rings. The zero-order valence-corrected chi connectivity index (χ0v) is 12.7. The number of tetrazole rings is 1. The van der Waals surface area contributed by atoms with E-state index in [1.54, 1.807) is 4.68 Å². The third-order valence-electron chi connectivity index (χ3n) is 3.75. The maximum absolute atomic E-state index is 12.2. The molecule has 1 fully saturated rings. The van der Waals surface area contributed by atoms with Gasteiger partial charge in [0.25, 0.3) is 0 Å². The van der Waals surface area contributed by atoms with E-state index >= 15 is 0 Å². The molecule has 116 valence electrons. The van der Waals surface area contributed by atoms with E-state index in [2.05, 4.69) is 15.5 Å². The lowest BCUT2D eigenvalue weighted by Crippen LogP contribution is -2.10. The molecule has 1 aromatic carbocycles. The number of phenolic OH excluding ortho intramolecular Hbond substituents is 2. The minimum Gasteiger partial charge on any atom is -0.508 e. The number of ketones is 1. The summed E-state index contributed by atoms with van der Waals surface area (Å²) in [4.78, 5) is 12.2. The molecule has 1 heterocycles. The van der Waals surface area contributed by atoms with Crippen LogP contribution < -0.4 is 0 Å². The second-order valence-electron chi connectivity index (χ2n) is 5.26. The van der Waals surface area contributed by atoms with Gasteiger partial charge in [-0.25, -0.2) is 4.68 Å². The summed E-state index contributed by atoms with van der Waals surface area (Å²) >= 11 is 1.26. The Morgan fingerprint density at radius 2 is 2.09 bits per heavy atom. The average molecular weight is 320 g/mol. The van der Waals surface area contributed by atoms with Crippen LogP contribution in [0.3, 0.4) is 0 Å². The molecule has 7 nitrogen and oxygen atoms in total. The van der Waals surface area contributed by atoms with Crippen molar-refractivity contribution in [2.24, 2.45) is 0 Å². The Kier molecular flexibility index (Phi) is 4.28. The molecule has 0 amide bonds. The van der Waals surface area contributed by atoms with Gasteiger partial charge in [-0.15, -0.1) is 5.10 Å². The molecule has 0 atom stereocenters. The lowest BCUT2D eigenvalue weighted by atomic mass is 10.1. The number of thioether (sulfide) groups is 1. The summed E-state index contributed by atoms with van der Waals surface area (Å²) in [5, 5.41) is 31.3. The predicted octanol–water partition coefficient (Wildman–Crippen LogP) is 2.17. The molecule has 0 saturated heterocycles. The lowest BCUT2D eigenvalue weighted by molar-refractivity contribution is 0.102. The topological polar surface area (TPSA) is 101 Å². The van der Waals surface area contributed by atoms with E-state index in [4.69, 9.17) is 0 Å². The van der Waals surface area contributed by atoms with Crippen LogP contribution in [0.15, 0.2) is 23.4 Å². The fraction of sp³-hybridized carbons (Fsp3) is 0.429. The van der Waals surface area contributed by atoms with Crippen molar-refractivity contribution in [2.75, 3.05) is 5.75 Å². The molecule has 2 N–H and O–H groups in total. The van der Waals surface area contributed by atoms with Crippen LogP contribution in [0, 0.1) is 0 Å². The van der Waals surface area contributed by atoms with E-state index in [0.717, 1.165) is 18.9 Å². The highest BCUT2D eigenvalue weighted by molar-refractivity contribution is 7.99. The molecule has 22 heavy (non-hydrogen) atoms. The largest absolute Gasteiger partial charge is 0.508 e. The Hall–Kier alpha value is -2.09. The molecule has 8 heteroatoms. The number of aromatic nitrogens is 4. The van der Waals surface area contributed by atoms with E-state index in [0.29, 0.717) is 11.2 Å². The maximum Gasteiger partial charge on any atom is 0.210 e. The molecule has 1 saturated carbocycles. The highest BCUT2D eigenvalue weighted by atomic mass is 32.2. The zero-order chi connectivity index (χ0) is 15.5. The Morgan fingerprint density at radius 3 is 2.82 bits per heavy atom. The van der Waals surface area contributed by atoms with Crippen LogP contribution >= 0.6 is 11.8 Å². The molecule has 2 aromatic rings. The molecule has 0 bridgehead atoms. The first-order valence-corrected chi connectivity index (χ1v) is 8.09. The molecule has 0 aliphatic heterocycles. The van der Waals surface area contributed by atoms with Crippen LogP contribution in [0.25, 0.3) is 0 Å². The fourth-order valence-corrected chi connectivity index (χ4v) is 3.45. The van der Waals surface area contributed by atoms with Gasteiger partial charge in [0.05, 0.1) is 17.4 Å². The predicted molar refractivity (Wildman–Crippen MR) is 80.1 cm³/mol. The van der Waals surface area contributed by atoms with E-state index in [1.807, 2.05) is 0 Å². The number of hydrogen-bond acceptors (Lipinski definition) is 7. The summed E-state index contributed by atoms with van der Waals surface area (Å²) in [6, 6.07) is 4.25. The van der Waals surface area contributed by atoms with Crippen molar-refractivity contribution in [1.29, 1.82) is 0 Å². The first-order valence-electron chi connectivity index (χ1n) is 7.11. The molecule has 0 unspecified atom stereocenters. The summed E-state index contributed by atoms with van der Waals surface area (Å²) in [6.07, 6.45) is 4.47. The molecule has 1 aromatic heterocycles. The number of rotatable bonds is 5. The summed E-state index contributed by atoms with van der Waals surface area (Å²) in [5.74, 6) is -0.401. The summed E-state index contributed by atoms with van der Waals surface area (Å²) in [6.45, 7) is 0. The molecule has 0 spiro atoms. The number of benzene rings is 1. The van der Waals surface area contributed by atoms with Crippen molar-refractivity contribution >= 4 is 17.5 Å². The zero-order valence-electron chi connectivity index (χ0n) is 11.8. The monoisotopic (exact) mass is 320 g/mol. The van der Waals surface area contributed by atoms with Crippen LogP contribution in [-0.2, 0) is 0 Å². The van der Waals surface area contributed by atoms with E-state index in [9.17, 15) is 15.0 Å². The van der Waals surface area contributed by atoms with Crippen molar-refractivity contribution in [3.8, 4) is 11.5 Å². The Morgan fingerprint density at radius 1 is 1.32 bits per heavy atom. The first kappa shape index (κ1) is 14.8. The summed E-state index contributed by atoms with van der Waals surface area (Å²) in [7, 11) is 0. The van der Waals surface area contributed by atoms with Gasteiger partial charge in [0, 0.05) is 6.07 Å². The molecular formula is C14H16N4O3S. The SMILES string of the molecule is O=C(CSc1nnnn1C1CCCC1)c1ccc(O)cc1O. The Balaban J connectivity index is 1.67. The minimum absolute atomic E-state index is 0.0770. The number of phenols is 2. The number of aromatic hydroxyl groups is 2. The van der Waals surface area contributed by atoms with Crippen molar-refractivity contribution in [3.05, 3.63) is 23.8 Å². The number of carbonyl (C=O) groups excluding carboxylic acids is 1. The third-order valence-corrected chi connectivity index (χ3v) is 4.68. The van der Waals surface area contributed by atoms with E-state index in [1.165, 1.54) is 36.7 Å². The highest BCUT2D eigenvalue weighted by Crippen LogP contribution is 2.32. The van der Waals surface area contributed by atoms with Gasteiger partial charge in [-0.1, -0.05) is 24.6 Å². The first-order chi connectivity index (χ1) is 10.6. The van der Waals surface area contributed by atoms with Crippen molar-refractivity contribution in [1.82, 2.24) is 20.2 Å². The quantitative estimate of drug-likeness (QED) is 0.643. The standard InChI is InChI=1S/C14H16N4O3S/c19-10-5-6-11(12(20)7-10)13(21)8-22-14-15-16-17-18(14)9-3-1-2-4-9/h5-7,9,19-20H,1-4,8H2. The van der Waals surface area contributed by atoms with Crippen LogP contribution in [0.5, 0.6) is 11.5 Å². The summed E-state index contributed by atoms with van der Waals surface area (Å²) in [5.41, 5.74) is 0.185. The van der Waals surface area contributed by atoms with Crippen LogP contribution in [0.2, 0.25) is 0 Å². The van der Waals surface area contributed by atoms with Gasteiger partial charge in [-0.05, 0) is 35.4 Å². The number of carbonyl (C=O) groups is 1. The Labute approximate surface area is 131 Å². The third kappa shape index (κ3) is 3.06. The van der Waals surface area contributed by atoms with Crippen LogP contribution in [-0.4, -0.2) is 42.0 Å². The van der Waals surface area contributed by atoms with Gasteiger partial charge in [-0.2, -0.15) is 0 Å². The Bertz CT molecular complexity index is 682. The van der Waals surface area contributed by atoms with Gasteiger partial charge >= 0.3 is 0 Å². The normalized spacial score (nSPS) is 15.3. The average Bonchev–Trinajstić information content (AvgIpc) is 3.15. The van der Waals surface area contributed by atoms with Crippen LogP contribution in [0.1, 0.15) is 42.1 Å². The van der Waals surface area contributed by atoms with Gasteiger partial charge in [-0.3, -0.25) is 4.79 Å². The van der Waals surface area contributed by atoms with E-state index < -0.39 is 0 Å². The van der Waals surface area contributed by atoms with Crippen LogP contribution in [0.4, 0.5) is 0 Å². The highest BCUT2D eigenvalue weighted by Gasteiger charge is 2.22. The van der Waals surface area contributed by atoms with E-state index in [-0.39, 0.29) is 28.6 Å². The van der Waals surface area contributed by atoms with Gasteiger partial charge in [0.15, 0.2) is 5.78 Å². The summed E-state index contributed by atoms with van der Waals surface area (Å²) < 4.78 is 1.79. The van der Waals surface area contributed by atoms with Crippen molar-refractivity contribution < 1.29 is 15.0 Å². The van der Waals surface area contributed by atoms with Gasteiger partial charge < -0.3 is 10.2 Å². The second kappa shape index (κ2) is 6.35. The lowest BCUT2D eigenvalue weighted by Gasteiger charge is -2.10. The minimum atomic E-state index is -0.233. The van der Waals surface area contributed by atoms with Gasteiger partial charge in [0.2, 0.25) is 5.16 Å². The maximum atomic E-state index is 12.2. The number of nitrogens with zero attached hydrogens (tertiary/aromatic N) is 4. The molecule has 3 rings (SSSR count). The number of Topliss-reactive ketones (excluding diaryl/α,β-unsaturated/α-hetero) is 1. The van der Waals surface area contributed by atoms with Crippen molar-refractivity contribution in [3.63, 3.8) is 0 Å². The molecular weight excluding hydrogens is 304 g/mol. The number of hydrogen-bond donors (Lipinski definition) is 2. The molecule has 0 radical (unpaired) electrons. The van der Waals surface area contributed by atoms with Gasteiger partial charge in [0.1, 0.15) is 11.5 Å². The molecule has 1 aliphatic carbocycles. The second-order valence-corrected chi connectivity index (χ2v) is 6.20. The van der Waals surface area contributed by atoms with Crippen molar-refractivity contribution in [2.45, 2.75) is 36.9 Å². The fourth-order valence-electron chi connectivity index (χ4n) is 2.62. The smallest absolute Gasteiger partial charge is 0.210 e.